The number of hydrogen-bond acceptors (Lipinski definition) is 2. The molecule has 1 heterocycles. The summed E-state index contributed by atoms with van der Waals surface area (Å²) in [5.74, 6) is 0.799. The molecule has 2 rings (SSSR count). The van der Waals surface area contributed by atoms with Crippen LogP contribution in [0.2, 0.25) is 0 Å². The third-order valence-electron chi connectivity index (χ3n) is 3.07. The Kier molecular flexibility index (Phi) is 2.87. The smallest absolute Gasteiger partial charge is 0.221 e. The molecule has 2 aliphatic rings. The molecule has 0 spiro atoms. The first kappa shape index (κ1) is 9.71. The van der Waals surface area contributed by atoms with Crippen LogP contribution >= 0.6 is 0 Å². The number of carbonyl (C=O) groups is 1. The second-order valence-electron chi connectivity index (χ2n) is 4.41. The Morgan fingerprint density at radius 1 is 1.43 bits per heavy atom. The molecule has 1 saturated carbocycles. The highest BCUT2D eigenvalue weighted by Crippen LogP contribution is 2.30. The minimum atomic E-state index is -0.140. The minimum absolute atomic E-state index is 0.0873. The van der Waals surface area contributed by atoms with Gasteiger partial charge in [0.25, 0.3) is 0 Å². The van der Waals surface area contributed by atoms with Gasteiger partial charge in [0.05, 0.1) is 5.92 Å². The maximum atomic E-state index is 10.9. The van der Waals surface area contributed by atoms with E-state index in [-0.39, 0.29) is 11.8 Å². The van der Waals surface area contributed by atoms with Gasteiger partial charge in [0.15, 0.2) is 0 Å². The third-order valence-corrected chi connectivity index (χ3v) is 3.07. The first-order chi connectivity index (χ1) is 6.75. The second-order valence-corrected chi connectivity index (χ2v) is 4.41. The summed E-state index contributed by atoms with van der Waals surface area (Å²) in [6.45, 7) is 2.85. The van der Waals surface area contributed by atoms with Crippen LogP contribution in [-0.2, 0) is 4.79 Å². The molecule has 1 atom stereocenters. The second kappa shape index (κ2) is 4.13. The molecule has 1 amide bonds. The van der Waals surface area contributed by atoms with E-state index in [4.69, 9.17) is 5.73 Å². The third kappa shape index (κ3) is 2.58. The number of hydrogen-bond donors (Lipinski definition) is 1. The molecule has 1 aliphatic heterocycles. The van der Waals surface area contributed by atoms with Gasteiger partial charge >= 0.3 is 0 Å². The van der Waals surface area contributed by atoms with Gasteiger partial charge in [0.1, 0.15) is 0 Å². The lowest BCUT2D eigenvalue weighted by molar-refractivity contribution is -0.121. The minimum Gasteiger partial charge on any atom is -0.369 e. The van der Waals surface area contributed by atoms with Gasteiger partial charge in [-0.15, -0.1) is 0 Å². The van der Waals surface area contributed by atoms with Gasteiger partial charge in [0.2, 0.25) is 5.91 Å². The molecule has 0 bridgehead atoms. The van der Waals surface area contributed by atoms with Crippen LogP contribution in [0, 0.1) is 11.8 Å². The van der Waals surface area contributed by atoms with Crippen molar-refractivity contribution >= 4 is 5.91 Å². The van der Waals surface area contributed by atoms with E-state index in [1.807, 2.05) is 0 Å². The van der Waals surface area contributed by atoms with Crippen molar-refractivity contribution < 1.29 is 4.79 Å². The summed E-state index contributed by atoms with van der Waals surface area (Å²) >= 11 is 0. The number of amides is 1. The molecule has 1 unspecified atom stereocenters. The van der Waals surface area contributed by atoms with Crippen LogP contribution in [0.25, 0.3) is 0 Å². The van der Waals surface area contributed by atoms with Crippen LogP contribution in [0.1, 0.15) is 19.3 Å². The Labute approximate surface area is 84.9 Å². The van der Waals surface area contributed by atoms with E-state index in [1.54, 1.807) is 0 Å². The summed E-state index contributed by atoms with van der Waals surface area (Å²) in [6, 6.07) is 0. The van der Waals surface area contributed by atoms with Crippen molar-refractivity contribution in [1.82, 2.24) is 4.90 Å². The van der Waals surface area contributed by atoms with E-state index in [9.17, 15) is 4.79 Å². The van der Waals surface area contributed by atoms with Gasteiger partial charge in [-0.3, -0.25) is 9.69 Å². The average Bonchev–Trinajstić information content (AvgIpc) is 2.82. The molecular formula is C11H18N2O. The highest BCUT2D eigenvalue weighted by Gasteiger charge is 2.25. The molecule has 14 heavy (non-hydrogen) atoms. The monoisotopic (exact) mass is 194 g/mol. The first-order valence-corrected chi connectivity index (χ1v) is 5.44. The standard InChI is InChI=1S/C11H18N2O/c12-11(14)10-5-7-13(8-10)6-1-2-9-3-4-9/h1-2,9-10H,3-8H2,(H2,12,14). The fourth-order valence-electron chi connectivity index (χ4n) is 1.92. The number of likely N-dealkylation sites (tertiary alicyclic amines) is 1. The number of nitrogens with zero attached hydrogens (tertiary/aromatic N) is 1. The number of carbonyl (C=O) groups excluding carboxylic acids is 1. The Hall–Kier alpha value is -0.830. The predicted octanol–water partition coefficient (Wildman–Crippen LogP) is 0.760. The molecule has 0 radical (unpaired) electrons. The Morgan fingerprint density at radius 2 is 2.21 bits per heavy atom. The number of nitrogens with two attached hydrogens (primary N) is 1. The van der Waals surface area contributed by atoms with Crippen molar-refractivity contribution in [3.05, 3.63) is 12.2 Å². The molecule has 1 aliphatic carbocycles. The van der Waals surface area contributed by atoms with Crippen molar-refractivity contribution in [1.29, 1.82) is 0 Å². The van der Waals surface area contributed by atoms with Crippen LogP contribution in [0.3, 0.4) is 0 Å². The predicted molar refractivity (Wildman–Crippen MR) is 55.6 cm³/mol. The van der Waals surface area contributed by atoms with Gasteiger partial charge in [-0.25, -0.2) is 0 Å². The largest absolute Gasteiger partial charge is 0.369 e. The summed E-state index contributed by atoms with van der Waals surface area (Å²) < 4.78 is 0. The average molecular weight is 194 g/mol. The van der Waals surface area contributed by atoms with Crippen LogP contribution in [0.15, 0.2) is 12.2 Å². The Morgan fingerprint density at radius 3 is 2.79 bits per heavy atom. The van der Waals surface area contributed by atoms with Crippen molar-refractivity contribution in [3.63, 3.8) is 0 Å². The fourth-order valence-corrected chi connectivity index (χ4v) is 1.92. The molecular weight excluding hydrogens is 176 g/mol. The molecule has 0 aromatic heterocycles. The maximum absolute atomic E-state index is 10.9. The zero-order chi connectivity index (χ0) is 9.97. The van der Waals surface area contributed by atoms with Gasteiger partial charge in [-0.2, -0.15) is 0 Å². The molecule has 2 fully saturated rings. The van der Waals surface area contributed by atoms with E-state index < -0.39 is 0 Å². The van der Waals surface area contributed by atoms with Crippen molar-refractivity contribution in [2.75, 3.05) is 19.6 Å². The molecule has 2 N–H and O–H groups in total. The fraction of sp³-hybridized carbons (Fsp3) is 0.727. The number of rotatable bonds is 4. The Balaban J connectivity index is 1.69. The van der Waals surface area contributed by atoms with E-state index in [2.05, 4.69) is 17.1 Å². The van der Waals surface area contributed by atoms with Crippen LogP contribution in [-0.4, -0.2) is 30.4 Å². The summed E-state index contributed by atoms with van der Waals surface area (Å²) in [6.07, 6.45) is 8.20. The first-order valence-electron chi connectivity index (χ1n) is 5.44. The van der Waals surface area contributed by atoms with Crippen molar-refractivity contribution in [2.24, 2.45) is 17.6 Å². The highest BCUT2D eigenvalue weighted by atomic mass is 16.1. The van der Waals surface area contributed by atoms with Crippen LogP contribution < -0.4 is 5.73 Å². The van der Waals surface area contributed by atoms with Gasteiger partial charge < -0.3 is 5.73 Å². The zero-order valence-corrected chi connectivity index (χ0v) is 8.48. The van der Waals surface area contributed by atoms with Gasteiger partial charge in [0, 0.05) is 13.1 Å². The summed E-state index contributed by atoms with van der Waals surface area (Å²) in [5, 5.41) is 0. The molecule has 78 valence electrons. The van der Waals surface area contributed by atoms with Gasteiger partial charge in [-0.05, 0) is 31.7 Å². The lowest BCUT2D eigenvalue weighted by atomic mass is 10.1. The van der Waals surface area contributed by atoms with E-state index >= 15 is 0 Å². The molecule has 1 saturated heterocycles. The highest BCUT2D eigenvalue weighted by molar-refractivity contribution is 5.77. The lowest BCUT2D eigenvalue weighted by Crippen LogP contribution is -2.27. The molecule has 3 heteroatoms. The maximum Gasteiger partial charge on any atom is 0.221 e. The van der Waals surface area contributed by atoms with Crippen molar-refractivity contribution in [3.8, 4) is 0 Å². The quantitative estimate of drug-likeness (QED) is 0.672. The molecule has 0 aromatic rings. The van der Waals surface area contributed by atoms with E-state index in [1.165, 1.54) is 12.8 Å². The normalized spacial score (nSPS) is 28.7. The summed E-state index contributed by atoms with van der Waals surface area (Å²) in [5.41, 5.74) is 5.26. The number of allylic oxidation sites excluding steroid dienone is 1. The van der Waals surface area contributed by atoms with E-state index in [0.29, 0.717) is 0 Å². The zero-order valence-electron chi connectivity index (χ0n) is 8.48. The van der Waals surface area contributed by atoms with E-state index in [0.717, 1.165) is 32.0 Å². The molecule has 3 nitrogen and oxygen atoms in total. The van der Waals surface area contributed by atoms with Crippen LogP contribution in [0.4, 0.5) is 0 Å². The molecule has 0 aromatic carbocycles. The summed E-state index contributed by atoms with van der Waals surface area (Å²) in [4.78, 5) is 13.2. The summed E-state index contributed by atoms with van der Waals surface area (Å²) in [7, 11) is 0. The topological polar surface area (TPSA) is 46.3 Å². The van der Waals surface area contributed by atoms with Crippen molar-refractivity contribution in [2.45, 2.75) is 19.3 Å². The lowest BCUT2D eigenvalue weighted by Gasteiger charge is -2.11. The van der Waals surface area contributed by atoms with Crippen LogP contribution in [0.5, 0.6) is 0 Å². The number of primary amides is 1. The Bertz CT molecular complexity index is 246. The SMILES string of the molecule is NC(=O)C1CCN(CC=CC2CC2)C1. The van der Waals surface area contributed by atoms with Gasteiger partial charge in [-0.1, -0.05) is 12.2 Å².